The molecule has 0 atom stereocenters. The topological polar surface area (TPSA) is 30.0 Å². The average Bonchev–Trinajstić information content (AvgIpc) is 2.18. The molecule has 0 amide bonds. The van der Waals surface area contributed by atoms with Gasteiger partial charge >= 0.3 is 0 Å². The van der Waals surface area contributed by atoms with Crippen LogP contribution in [0.4, 0.5) is 0 Å². The highest BCUT2D eigenvalue weighted by atomic mass is 16.1. The fourth-order valence-electron chi connectivity index (χ4n) is 1.52. The number of aromatic nitrogens is 1. The maximum atomic E-state index is 11.6. The Morgan fingerprint density at radius 2 is 2.00 bits per heavy atom. The van der Waals surface area contributed by atoms with E-state index in [0.29, 0.717) is 24.5 Å². The Hall–Kier alpha value is -1.18. The summed E-state index contributed by atoms with van der Waals surface area (Å²) in [6.07, 6.45) is 6.89. The molecule has 1 rings (SSSR count). The van der Waals surface area contributed by atoms with E-state index in [1.165, 1.54) is 0 Å². The van der Waals surface area contributed by atoms with Gasteiger partial charge in [0.25, 0.3) is 0 Å². The van der Waals surface area contributed by atoms with Crippen LogP contribution in [0.5, 0.6) is 0 Å². The second-order valence-electron chi connectivity index (χ2n) is 4.36. The first-order valence-electron chi connectivity index (χ1n) is 5.59. The van der Waals surface area contributed by atoms with E-state index in [0.717, 1.165) is 18.4 Å². The van der Waals surface area contributed by atoms with Gasteiger partial charge in [-0.25, -0.2) is 0 Å². The number of hydrogen-bond donors (Lipinski definition) is 0. The number of ketones is 1. The Morgan fingerprint density at radius 1 is 1.33 bits per heavy atom. The molecule has 1 heterocycles. The maximum absolute atomic E-state index is 11.6. The van der Waals surface area contributed by atoms with Crippen LogP contribution in [0.15, 0.2) is 24.5 Å². The van der Waals surface area contributed by atoms with E-state index < -0.39 is 0 Å². The van der Waals surface area contributed by atoms with Crippen molar-refractivity contribution in [2.45, 2.75) is 39.5 Å². The molecular formula is C13H19NO. The van der Waals surface area contributed by atoms with Crippen LogP contribution in [-0.2, 0) is 11.2 Å². The molecule has 0 aliphatic rings. The number of Topliss-reactive ketones (excluding diaryl/α,β-unsaturated/α-hetero) is 1. The van der Waals surface area contributed by atoms with Crippen molar-refractivity contribution in [1.29, 1.82) is 0 Å². The molecular weight excluding hydrogens is 186 g/mol. The molecule has 1 aromatic rings. The zero-order chi connectivity index (χ0) is 11.1. The maximum Gasteiger partial charge on any atom is 0.137 e. The van der Waals surface area contributed by atoms with Crippen molar-refractivity contribution < 1.29 is 4.79 Å². The molecule has 0 aromatic carbocycles. The van der Waals surface area contributed by atoms with Gasteiger partial charge in [0.15, 0.2) is 0 Å². The molecule has 0 fully saturated rings. The summed E-state index contributed by atoms with van der Waals surface area (Å²) in [6.45, 7) is 4.38. The van der Waals surface area contributed by atoms with Gasteiger partial charge in [-0.1, -0.05) is 20.3 Å². The number of hydrogen-bond acceptors (Lipinski definition) is 2. The Kier molecular flexibility index (Phi) is 5.02. The van der Waals surface area contributed by atoms with Crippen LogP contribution in [0.3, 0.4) is 0 Å². The van der Waals surface area contributed by atoms with Crippen molar-refractivity contribution in [2.24, 2.45) is 5.92 Å². The summed E-state index contributed by atoms with van der Waals surface area (Å²) in [7, 11) is 0. The third-order valence-corrected chi connectivity index (χ3v) is 2.39. The minimum atomic E-state index is 0.335. The van der Waals surface area contributed by atoms with Crippen LogP contribution in [-0.4, -0.2) is 10.8 Å². The van der Waals surface area contributed by atoms with Crippen LogP contribution in [0.25, 0.3) is 0 Å². The van der Waals surface area contributed by atoms with Gasteiger partial charge in [-0.2, -0.15) is 0 Å². The summed E-state index contributed by atoms with van der Waals surface area (Å²) >= 11 is 0. The lowest BCUT2D eigenvalue weighted by molar-refractivity contribution is -0.118. The van der Waals surface area contributed by atoms with Crippen LogP contribution in [0.2, 0.25) is 0 Å². The number of rotatable bonds is 6. The fourth-order valence-corrected chi connectivity index (χ4v) is 1.52. The normalized spacial score (nSPS) is 10.6. The predicted molar refractivity (Wildman–Crippen MR) is 61.6 cm³/mol. The van der Waals surface area contributed by atoms with E-state index in [4.69, 9.17) is 0 Å². The molecule has 0 unspecified atom stereocenters. The van der Waals surface area contributed by atoms with Crippen molar-refractivity contribution in [2.75, 3.05) is 0 Å². The van der Waals surface area contributed by atoms with Crippen LogP contribution >= 0.6 is 0 Å². The van der Waals surface area contributed by atoms with Gasteiger partial charge in [-0.3, -0.25) is 9.78 Å². The van der Waals surface area contributed by atoms with Crippen LogP contribution in [0, 0.1) is 5.92 Å². The second kappa shape index (κ2) is 6.33. The minimum Gasteiger partial charge on any atom is -0.299 e. The minimum absolute atomic E-state index is 0.335. The molecule has 0 saturated heterocycles. The van der Waals surface area contributed by atoms with Crippen molar-refractivity contribution in [1.82, 2.24) is 4.98 Å². The van der Waals surface area contributed by atoms with E-state index in [1.807, 2.05) is 12.1 Å². The summed E-state index contributed by atoms with van der Waals surface area (Å²) in [4.78, 5) is 15.5. The van der Waals surface area contributed by atoms with Gasteiger partial charge in [-0.05, 0) is 30.0 Å². The third kappa shape index (κ3) is 5.31. The van der Waals surface area contributed by atoms with E-state index in [2.05, 4.69) is 18.8 Å². The van der Waals surface area contributed by atoms with Crippen molar-refractivity contribution in [3.63, 3.8) is 0 Å². The Morgan fingerprint density at radius 3 is 2.60 bits per heavy atom. The highest BCUT2D eigenvalue weighted by molar-refractivity contribution is 5.80. The van der Waals surface area contributed by atoms with Crippen LogP contribution in [0.1, 0.15) is 38.7 Å². The first kappa shape index (κ1) is 11.9. The monoisotopic (exact) mass is 205 g/mol. The molecule has 0 radical (unpaired) electrons. The van der Waals surface area contributed by atoms with Gasteiger partial charge in [0.1, 0.15) is 5.78 Å². The standard InChI is InChI=1S/C13H19NO/c1-11(2)4-3-5-13(15)10-12-6-8-14-9-7-12/h6-9,11H,3-5,10H2,1-2H3. The van der Waals surface area contributed by atoms with Crippen molar-refractivity contribution >= 4 is 5.78 Å². The summed E-state index contributed by atoms with van der Waals surface area (Å²) in [5, 5.41) is 0. The van der Waals surface area contributed by atoms with Gasteiger partial charge in [0.05, 0.1) is 0 Å². The first-order valence-corrected chi connectivity index (χ1v) is 5.59. The predicted octanol–water partition coefficient (Wildman–Crippen LogP) is 3.02. The highest BCUT2D eigenvalue weighted by Crippen LogP contribution is 2.08. The summed E-state index contributed by atoms with van der Waals surface area (Å²) < 4.78 is 0. The molecule has 0 spiro atoms. The largest absolute Gasteiger partial charge is 0.299 e. The molecule has 15 heavy (non-hydrogen) atoms. The lowest BCUT2D eigenvalue weighted by Gasteiger charge is -2.03. The zero-order valence-corrected chi connectivity index (χ0v) is 9.57. The zero-order valence-electron chi connectivity index (χ0n) is 9.57. The van der Waals surface area contributed by atoms with E-state index in [9.17, 15) is 4.79 Å². The van der Waals surface area contributed by atoms with E-state index >= 15 is 0 Å². The van der Waals surface area contributed by atoms with E-state index in [-0.39, 0.29) is 0 Å². The Bertz CT molecular complexity index is 293. The van der Waals surface area contributed by atoms with Gasteiger partial charge in [0.2, 0.25) is 0 Å². The van der Waals surface area contributed by atoms with Gasteiger partial charge in [0, 0.05) is 25.2 Å². The highest BCUT2D eigenvalue weighted by Gasteiger charge is 2.04. The lowest BCUT2D eigenvalue weighted by atomic mass is 10.0. The number of carbonyl (C=O) groups is 1. The number of pyridine rings is 1. The molecule has 1 aromatic heterocycles. The molecule has 2 heteroatoms. The second-order valence-corrected chi connectivity index (χ2v) is 4.36. The molecule has 0 bridgehead atoms. The summed E-state index contributed by atoms with van der Waals surface area (Å²) in [5.74, 6) is 1.03. The molecule has 82 valence electrons. The molecule has 0 aliphatic heterocycles. The third-order valence-electron chi connectivity index (χ3n) is 2.39. The van der Waals surface area contributed by atoms with E-state index in [1.54, 1.807) is 12.4 Å². The summed E-state index contributed by atoms with van der Waals surface area (Å²) in [6, 6.07) is 3.81. The smallest absolute Gasteiger partial charge is 0.137 e. The molecule has 0 N–H and O–H groups in total. The number of carbonyl (C=O) groups excluding carboxylic acids is 1. The first-order chi connectivity index (χ1) is 7.18. The molecule has 0 saturated carbocycles. The fraction of sp³-hybridized carbons (Fsp3) is 0.538. The lowest BCUT2D eigenvalue weighted by Crippen LogP contribution is -2.03. The SMILES string of the molecule is CC(C)CCCC(=O)Cc1ccncc1. The average molecular weight is 205 g/mol. The molecule has 0 aliphatic carbocycles. The Balaban J connectivity index is 2.25. The van der Waals surface area contributed by atoms with Crippen LogP contribution < -0.4 is 0 Å². The number of nitrogens with zero attached hydrogens (tertiary/aromatic N) is 1. The summed E-state index contributed by atoms with van der Waals surface area (Å²) in [5.41, 5.74) is 1.07. The van der Waals surface area contributed by atoms with Gasteiger partial charge < -0.3 is 0 Å². The van der Waals surface area contributed by atoms with Crippen molar-refractivity contribution in [3.05, 3.63) is 30.1 Å². The Labute approximate surface area is 91.7 Å². The van der Waals surface area contributed by atoms with Gasteiger partial charge in [-0.15, -0.1) is 0 Å². The van der Waals surface area contributed by atoms with Crippen molar-refractivity contribution in [3.8, 4) is 0 Å². The quantitative estimate of drug-likeness (QED) is 0.714. The molecule has 2 nitrogen and oxygen atoms in total.